The number of carboxylic acid groups (broad SMARTS) is 1. The maximum atomic E-state index is 10.8. The Kier molecular flexibility index (Phi) is 4.22. The molecule has 0 aliphatic carbocycles. The van der Waals surface area contributed by atoms with E-state index in [0.29, 0.717) is 17.6 Å². The predicted octanol–water partition coefficient (Wildman–Crippen LogP) is 1.91. The van der Waals surface area contributed by atoms with Crippen molar-refractivity contribution in [1.29, 1.82) is 0 Å². The number of hydrogen-bond donors (Lipinski definition) is 1. The molecule has 1 heterocycles. The van der Waals surface area contributed by atoms with Gasteiger partial charge in [0.2, 0.25) is 0 Å². The van der Waals surface area contributed by atoms with Gasteiger partial charge in [-0.25, -0.2) is 4.79 Å². The van der Waals surface area contributed by atoms with Gasteiger partial charge in [-0.2, -0.15) is 0 Å². The summed E-state index contributed by atoms with van der Waals surface area (Å²) in [6.45, 7) is 7.54. The van der Waals surface area contributed by atoms with Crippen molar-refractivity contribution >= 4 is 5.97 Å². The molecule has 1 aliphatic heterocycles. The number of piperazine rings is 1. The van der Waals surface area contributed by atoms with E-state index in [1.54, 1.807) is 12.1 Å². The van der Waals surface area contributed by atoms with Gasteiger partial charge in [-0.3, -0.25) is 4.90 Å². The van der Waals surface area contributed by atoms with E-state index in [9.17, 15) is 4.79 Å². The first kappa shape index (κ1) is 14.0. The van der Waals surface area contributed by atoms with Crippen LogP contribution in [0.25, 0.3) is 0 Å². The van der Waals surface area contributed by atoms with Gasteiger partial charge in [0, 0.05) is 31.7 Å². The zero-order valence-electron chi connectivity index (χ0n) is 11.8. The Morgan fingerprint density at radius 2 is 1.84 bits per heavy atom. The van der Waals surface area contributed by atoms with Crippen molar-refractivity contribution < 1.29 is 9.90 Å². The summed E-state index contributed by atoms with van der Waals surface area (Å²) in [5, 5.41) is 8.89. The van der Waals surface area contributed by atoms with Crippen molar-refractivity contribution in [2.75, 3.05) is 20.1 Å². The van der Waals surface area contributed by atoms with Crippen LogP contribution in [0.1, 0.15) is 29.8 Å². The molecule has 104 valence electrons. The number of hydrogen-bond acceptors (Lipinski definition) is 3. The highest BCUT2D eigenvalue weighted by atomic mass is 16.4. The van der Waals surface area contributed by atoms with Crippen LogP contribution in [0.2, 0.25) is 0 Å². The quantitative estimate of drug-likeness (QED) is 0.903. The highest BCUT2D eigenvalue weighted by Gasteiger charge is 2.28. The summed E-state index contributed by atoms with van der Waals surface area (Å²) >= 11 is 0. The molecule has 2 rings (SSSR count). The molecule has 0 amide bonds. The molecule has 4 nitrogen and oxygen atoms in total. The number of likely N-dealkylation sites (N-methyl/N-ethyl adjacent to an activating group) is 1. The van der Waals surface area contributed by atoms with Crippen LogP contribution in [0.3, 0.4) is 0 Å². The maximum absolute atomic E-state index is 10.8. The molecule has 0 spiro atoms. The highest BCUT2D eigenvalue weighted by molar-refractivity contribution is 5.87. The lowest BCUT2D eigenvalue weighted by molar-refractivity contribution is 0.0472. The monoisotopic (exact) mass is 262 g/mol. The van der Waals surface area contributed by atoms with E-state index < -0.39 is 5.97 Å². The van der Waals surface area contributed by atoms with Crippen LogP contribution in [-0.4, -0.2) is 53.1 Å². The van der Waals surface area contributed by atoms with Gasteiger partial charge in [-0.15, -0.1) is 0 Å². The van der Waals surface area contributed by atoms with E-state index in [1.165, 1.54) is 5.56 Å². The Hall–Kier alpha value is -1.39. The summed E-state index contributed by atoms with van der Waals surface area (Å²) in [5.74, 6) is -0.867. The van der Waals surface area contributed by atoms with Crippen molar-refractivity contribution in [3.8, 4) is 0 Å². The lowest BCUT2D eigenvalue weighted by atomic mass is 10.0. The summed E-state index contributed by atoms with van der Waals surface area (Å²) in [7, 11) is 2.17. The lowest BCUT2D eigenvalue weighted by Gasteiger charge is -2.43. The second-order valence-corrected chi connectivity index (χ2v) is 5.43. The third kappa shape index (κ3) is 3.14. The number of benzene rings is 1. The van der Waals surface area contributed by atoms with E-state index in [-0.39, 0.29) is 0 Å². The number of aromatic carboxylic acids is 1. The Labute approximate surface area is 114 Å². The van der Waals surface area contributed by atoms with E-state index in [4.69, 9.17) is 5.11 Å². The van der Waals surface area contributed by atoms with Gasteiger partial charge in [-0.1, -0.05) is 12.1 Å². The minimum Gasteiger partial charge on any atom is -0.478 e. The molecule has 0 bridgehead atoms. The van der Waals surface area contributed by atoms with Crippen LogP contribution in [0, 0.1) is 0 Å². The summed E-state index contributed by atoms with van der Waals surface area (Å²) in [6, 6.07) is 8.26. The van der Waals surface area contributed by atoms with Gasteiger partial charge < -0.3 is 10.0 Å². The fourth-order valence-corrected chi connectivity index (χ4v) is 2.58. The zero-order chi connectivity index (χ0) is 14.0. The SMILES string of the molecule is CC1C(C)N(Cc2ccc(C(=O)O)cc2)CCN1C. The van der Waals surface area contributed by atoms with Crippen molar-refractivity contribution in [3.05, 3.63) is 35.4 Å². The fourth-order valence-electron chi connectivity index (χ4n) is 2.58. The van der Waals surface area contributed by atoms with Crippen molar-refractivity contribution in [2.45, 2.75) is 32.5 Å². The lowest BCUT2D eigenvalue weighted by Crippen LogP contribution is -2.55. The normalized spacial score (nSPS) is 25.4. The molecular weight excluding hydrogens is 240 g/mol. The molecule has 19 heavy (non-hydrogen) atoms. The van der Waals surface area contributed by atoms with Crippen LogP contribution in [0.15, 0.2) is 24.3 Å². The third-order valence-corrected chi connectivity index (χ3v) is 4.30. The number of carbonyl (C=O) groups is 1. The molecule has 0 aromatic heterocycles. The van der Waals surface area contributed by atoms with Crippen LogP contribution in [0.5, 0.6) is 0 Å². The predicted molar refractivity (Wildman–Crippen MR) is 75.4 cm³/mol. The van der Waals surface area contributed by atoms with Crippen LogP contribution in [-0.2, 0) is 6.54 Å². The Bertz CT molecular complexity index is 444. The second kappa shape index (κ2) is 5.72. The van der Waals surface area contributed by atoms with Gasteiger partial charge in [0.15, 0.2) is 0 Å². The molecule has 1 fully saturated rings. The molecule has 1 aromatic rings. The molecule has 0 saturated carbocycles. The van der Waals surface area contributed by atoms with Crippen LogP contribution >= 0.6 is 0 Å². The van der Waals surface area contributed by atoms with Crippen molar-refractivity contribution in [2.24, 2.45) is 0 Å². The number of carboxylic acids is 1. The third-order valence-electron chi connectivity index (χ3n) is 4.30. The van der Waals surface area contributed by atoms with Gasteiger partial charge >= 0.3 is 5.97 Å². The Morgan fingerprint density at radius 1 is 1.21 bits per heavy atom. The first-order valence-corrected chi connectivity index (χ1v) is 6.75. The standard InChI is InChI=1S/C15H22N2O2/c1-11-12(2)17(9-8-16(11)3)10-13-4-6-14(7-5-13)15(18)19/h4-7,11-12H,8-10H2,1-3H3,(H,18,19). The average molecular weight is 262 g/mol. The molecule has 1 saturated heterocycles. The molecule has 1 aliphatic rings. The van der Waals surface area contributed by atoms with Crippen LogP contribution < -0.4 is 0 Å². The minimum absolute atomic E-state index is 0.351. The smallest absolute Gasteiger partial charge is 0.335 e. The molecule has 2 atom stereocenters. The average Bonchev–Trinajstić information content (AvgIpc) is 2.40. The highest BCUT2D eigenvalue weighted by Crippen LogP contribution is 2.18. The van der Waals surface area contributed by atoms with Crippen LogP contribution in [0.4, 0.5) is 0 Å². The van der Waals surface area contributed by atoms with E-state index in [2.05, 4.69) is 30.7 Å². The van der Waals surface area contributed by atoms with E-state index >= 15 is 0 Å². The second-order valence-electron chi connectivity index (χ2n) is 5.43. The topological polar surface area (TPSA) is 43.8 Å². The molecule has 1 aromatic carbocycles. The first-order chi connectivity index (χ1) is 8.99. The largest absolute Gasteiger partial charge is 0.478 e. The molecule has 1 N–H and O–H groups in total. The summed E-state index contributed by atoms with van der Waals surface area (Å²) in [6.07, 6.45) is 0. The summed E-state index contributed by atoms with van der Waals surface area (Å²) in [4.78, 5) is 15.7. The molecular formula is C15H22N2O2. The maximum Gasteiger partial charge on any atom is 0.335 e. The van der Waals surface area contributed by atoms with Gasteiger partial charge in [-0.05, 0) is 38.6 Å². The van der Waals surface area contributed by atoms with E-state index in [1.807, 2.05) is 12.1 Å². The number of rotatable bonds is 3. The van der Waals surface area contributed by atoms with Gasteiger partial charge in [0.25, 0.3) is 0 Å². The van der Waals surface area contributed by atoms with Gasteiger partial charge in [0.05, 0.1) is 5.56 Å². The zero-order valence-corrected chi connectivity index (χ0v) is 11.8. The summed E-state index contributed by atoms with van der Waals surface area (Å²) < 4.78 is 0. The molecule has 4 heteroatoms. The summed E-state index contributed by atoms with van der Waals surface area (Å²) in [5.41, 5.74) is 1.53. The molecule has 0 radical (unpaired) electrons. The van der Waals surface area contributed by atoms with E-state index in [0.717, 1.165) is 19.6 Å². The van der Waals surface area contributed by atoms with Gasteiger partial charge in [0.1, 0.15) is 0 Å². The van der Waals surface area contributed by atoms with Crippen molar-refractivity contribution in [1.82, 2.24) is 9.80 Å². The number of nitrogens with zero attached hydrogens (tertiary/aromatic N) is 2. The Balaban J connectivity index is 2.03. The fraction of sp³-hybridized carbons (Fsp3) is 0.533. The minimum atomic E-state index is -0.867. The Morgan fingerprint density at radius 3 is 2.42 bits per heavy atom. The molecule has 2 unspecified atom stereocenters. The van der Waals surface area contributed by atoms with Crippen molar-refractivity contribution in [3.63, 3.8) is 0 Å². The first-order valence-electron chi connectivity index (χ1n) is 6.75.